The van der Waals surface area contributed by atoms with Crippen LogP contribution >= 0.6 is 0 Å². The third-order valence-electron chi connectivity index (χ3n) is 4.36. The first-order valence-electron chi connectivity index (χ1n) is 8.29. The number of anilines is 1. The van der Waals surface area contributed by atoms with Gasteiger partial charge in [0.25, 0.3) is 0 Å². The largest absolute Gasteiger partial charge is 0.366 e. The first-order valence-corrected chi connectivity index (χ1v) is 8.29. The maximum atomic E-state index is 4.53. The van der Waals surface area contributed by atoms with E-state index in [9.17, 15) is 0 Å². The van der Waals surface area contributed by atoms with Crippen molar-refractivity contribution in [2.75, 3.05) is 5.32 Å². The summed E-state index contributed by atoms with van der Waals surface area (Å²) in [6.07, 6.45) is 10.3. The predicted molar refractivity (Wildman–Crippen MR) is 99.4 cm³/mol. The minimum atomic E-state index is 0.722. The second kappa shape index (κ2) is 6.73. The SMILES string of the molecule is Cc1ccncc1CNc1ccc(Cc2c[nH]c3ncccc23)cn1. The third kappa shape index (κ3) is 3.35. The zero-order valence-electron chi connectivity index (χ0n) is 14.0. The van der Waals surface area contributed by atoms with Crippen molar-refractivity contribution in [1.82, 2.24) is 19.9 Å². The van der Waals surface area contributed by atoms with Gasteiger partial charge >= 0.3 is 0 Å². The monoisotopic (exact) mass is 329 g/mol. The van der Waals surface area contributed by atoms with Crippen molar-refractivity contribution in [3.05, 3.63) is 83.6 Å². The van der Waals surface area contributed by atoms with Gasteiger partial charge < -0.3 is 10.3 Å². The molecule has 4 heterocycles. The van der Waals surface area contributed by atoms with E-state index in [1.165, 1.54) is 22.3 Å². The van der Waals surface area contributed by atoms with Crippen LogP contribution in [0.5, 0.6) is 0 Å². The van der Waals surface area contributed by atoms with Crippen molar-refractivity contribution >= 4 is 16.9 Å². The predicted octanol–water partition coefficient (Wildman–Crippen LogP) is 3.86. The van der Waals surface area contributed by atoms with Crippen LogP contribution in [-0.4, -0.2) is 19.9 Å². The first-order chi connectivity index (χ1) is 12.3. The van der Waals surface area contributed by atoms with Gasteiger partial charge in [-0.15, -0.1) is 0 Å². The molecule has 0 bridgehead atoms. The molecule has 25 heavy (non-hydrogen) atoms. The standard InChI is InChI=1S/C20H19N5/c1-14-6-8-21-11-17(14)13-24-19-5-4-15(10-23-19)9-16-12-25-20-18(16)3-2-7-22-20/h2-8,10-12H,9,13H2,1H3,(H,22,25)(H,23,24). The number of nitrogens with one attached hydrogen (secondary N) is 2. The molecule has 0 aromatic carbocycles. The molecule has 0 spiro atoms. The highest BCUT2D eigenvalue weighted by Gasteiger charge is 2.05. The van der Waals surface area contributed by atoms with Crippen LogP contribution in [0.15, 0.2) is 61.3 Å². The molecule has 4 aromatic rings. The van der Waals surface area contributed by atoms with E-state index >= 15 is 0 Å². The Kier molecular flexibility index (Phi) is 4.12. The highest BCUT2D eigenvalue weighted by atomic mass is 15.0. The summed E-state index contributed by atoms with van der Waals surface area (Å²) in [4.78, 5) is 16.2. The Hall–Kier alpha value is -3.21. The average molecular weight is 329 g/mol. The number of hydrogen-bond acceptors (Lipinski definition) is 4. The molecular weight excluding hydrogens is 310 g/mol. The van der Waals surface area contributed by atoms with E-state index in [-0.39, 0.29) is 0 Å². The molecule has 0 fully saturated rings. The van der Waals surface area contributed by atoms with Crippen LogP contribution in [0.3, 0.4) is 0 Å². The van der Waals surface area contributed by atoms with Crippen LogP contribution in [0.25, 0.3) is 11.0 Å². The molecule has 5 nitrogen and oxygen atoms in total. The summed E-state index contributed by atoms with van der Waals surface area (Å²) in [6, 6.07) is 10.2. The van der Waals surface area contributed by atoms with E-state index < -0.39 is 0 Å². The van der Waals surface area contributed by atoms with E-state index in [0.717, 1.165) is 29.8 Å². The van der Waals surface area contributed by atoms with Crippen molar-refractivity contribution in [1.29, 1.82) is 0 Å². The number of rotatable bonds is 5. The third-order valence-corrected chi connectivity index (χ3v) is 4.36. The van der Waals surface area contributed by atoms with Crippen LogP contribution in [0.2, 0.25) is 0 Å². The molecule has 0 saturated carbocycles. The van der Waals surface area contributed by atoms with Gasteiger partial charge in [-0.1, -0.05) is 6.07 Å². The van der Waals surface area contributed by atoms with Gasteiger partial charge in [0.05, 0.1) is 0 Å². The number of fused-ring (bicyclic) bond motifs is 1. The molecule has 124 valence electrons. The lowest BCUT2D eigenvalue weighted by Gasteiger charge is -2.08. The van der Waals surface area contributed by atoms with Crippen LogP contribution in [-0.2, 0) is 13.0 Å². The highest BCUT2D eigenvalue weighted by molar-refractivity contribution is 5.79. The molecule has 0 atom stereocenters. The molecule has 2 N–H and O–H groups in total. The van der Waals surface area contributed by atoms with Gasteiger partial charge in [0.2, 0.25) is 0 Å². The number of nitrogens with zero attached hydrogens (tertiary/aromatic N) is 3. The van der Waals surface area contributed by atoms with Gasteiger partial charge in [-0.2, -0.15) is 0 Å². The lowest BCUT2D eigenvalue weighted by Crippen LogP contribution is -2.03. The summed E-state index contributed by atoms with van der Waals surface area (Å²) in [5.74, 6) is 0.868. The minimum absolute atomic E-state index is 0.722. The smallest absolute Gasteiger partial charge is 0.137 e. The Labute approximate surface area is 146 Å². The molecule has 0 unspecified atom stereocenters. The average Bonchev–Trinajstić information content (AvgIpc) is 3.05. The van der Waals surface area contributed by atoms with Crippen LogP contribution in [0.4, 0.5) is 5.82 Å². The zero-order chi connectivity index (χ0) is 17.1. The Morgan fingerprint density at radius 2 is 1.96 bits per heavy atom. The highest BCUT2D eigenvalue weighted by Crippen LogP contribution is 2.19. The summed E-state index contributed by atoms with van der Waals surface area (Å²) in [7, 11) is 0. The van der Waals surface area contributed by atoms with E-state index in [1.807, 2.05) is 43.0 Å². The van der Waals surface area contributed by atoms with E-state index in [2.05, 4.69) is 44.3 Å². The van der Waals surface area contributed by atoms with Crippen LogP contribution in [0.1, 0.15) is 22.3 Å². The number of aryl methyl sites for hydroxylation is 1. The fourth-order valence-corrected chi connectivity index (χ4v) is 2.88. The van der Waals surface area contributed by atoms with Crippen molar-refractivity contribution in [2.45, 2.75) is 19.9 Å². The number of pyridine rings is 3. The van der Waals surface area contributed by atoms with E-state index in [4.69, 9.17) is 0 Å². The lowest BCUT2D eigenvalue weighted by molar-refractivity contribution is 1.05. The number of aromatic nitrogens is 4. The van der Waals surface area contributed by atoms with Gasteiger partial charge in [-0.25, -0.2) is 9.97 Å². The number of H-pyrrole nitrogens is 1. The normalized spacial score (nSPS) is 10.9. The molecule has 0 radical (unpaired) electrons. The van der Waals surface area contributed by atoms with Crippen molar-refractivity contribution in [3.8, 4) is 0 Å². The van der Waals surface area contributed by atoms with E-state index in [0.29, 0.717) is 0 Å². The Bertz CT molecular complexity index is 988. The van der Waals surface area contributed by atoms with Crippen LogP contribution < -0.4 is 5.32 Å². The molecule has 4 rings (SSSR count). The van der Waals surface area contributed by atoms with Crippen molar-refractivity contribution in [3.63, 3.8) is 0 Å². The summed E-state index contributed by atoms with van der Waals surface area (Å²) in [5.41, 5.74) is 5.74. The van der Waals surface area contributed by atoms with Gasteiger partial charge in [0.1, 0.15) is 11.5 Å². The summed E-state index contributed by atoms with van der Waals surface area (Å²) >= 11 is 0. The maximum Gasteiger partial charge on any atom is 0.137 e. The summed E-state index contributed by atoms with van der Waals surface area (Å²) in [5, 5.41) is 4.51. The van der Waals surface area contributed by atoms with Gasteiger partial charge in [0, 0.05) is 49.3 Å². The Morgan fingerprint density at radius 3 is 2.80 bits per heavy atom. The number of hydrogen-bond donors (Lipinski definition) is 2. The first kappa shape index (κ1) is 15.3. The van der Waals surface area contributed by atoms with Crippen LogP contribution in [0, 0.1) is 6.92 Å². The Morgan fingerprint density at radius 1 is 1.00 bits per heavy atom. The molecule has 0 aliphatic rings. The fourth-order valence-electron chi connectivity index (χ4n) is 2.88. The Balaban J connectivity index is 1.44. The molecular formula is C20H19N5. The molecule has 4 aromatic heterocycles. The molecule has 0 aliphatic carbocycles. The second-order valence-corrected chi connectivity index (χ2v) is 6.10. The van der Waals surface area contributed by atoms with Crippen molar-refractivity contribution < 1.29 is 0 Å². The molecule has 0 aliphatic heterocycles. The quantitative estimate of drug-likeness (QED) is 0.583. The van der Waals surface area contributed by atoms with E-state index in [1.54, 1.807) is 6.20 Å². The zero-order valence-corrected chi connectivity index (χ0v) is 14.0. The fraction of sp³-hybridized carbons (Fsp3) is 0.150. The number of aromatic amines is 1. The topological polar surface area (TPSA) is 66.5 Å². The van der Waals surface area contributed by atoms with Gasteiger partial charge in [0.15, 0.2) is 0 Å². The molecule has 5 heteroatoms. The maximum absolute atomic E-state index is 4.53. The van der Waals surface area contributed by atoms with Gasteiger partial charge in [-0.3, -0.25) is 4.98 Å². The molecule has 0 saturated heterocycles. The lowest BCUT2D eigenvalue weighted by atomic mass is 10.1. The van der Waals surface area contributed by atoms with Gasteiger partial charge in [-0.05, 0) is 53.4 Å². The van der Waals surface area contributed by atoms with Crippen molar-refractivity contribution in [2.24, 2.45) is 0 Å². The summed E-state index contributed by atoms with van der Waals surface area (Å²) < 4.78 is 0. The summed E-state index contributed by atoms with van der Waals surface area (Å²) in [6.45, 7) is 2.81. The second-order valence-electron chi connectivity index (χ2n) is 6.10. The molecule has 0 amide bonds. The minimum Gasteiger partial charge on any atom is -0.366 e.